The van der Waals surface area contributed by atoms with Crippen LogP contribution in [-0.4, -0.2) is 16.0 Å². The molecule has 1 aromatic carbocycles. The molecule has 0 radical (unpaired) electrons. The Morgan fingerprint density at radius 2 is 2.25 bits per heavy atom. The number of aliphatic hydroxyl groups is 1. The first-order valence-electron chi connectivity index (χ1n) is 4.96. The molecule has 16 heavy (non-hydrogen) atoms. The van der Waals surface area contributed by atoms with Crippen molar-refractivity contribution in [1.82, 2.24) is 0 Å². The van der Waals surface area contributed by atoms with Crippen molar-refractivity contribution in [2.45, 2.75) is 20.5 Å². The number of carbonyl (C=O) groups is 1. The number of benzene rings is 1. The third kappa shape index (κ3) is 4.09. The molecule has 0 heterocycles. The topological polar surface area (TPSA) is 37.3 Å². The maximum Gasteiger partial charge on any atom is 0.186 e. The first-order valence-corrected chi connectivity index (χ1v) is 5.94. The molecule has 0 fully saturated rings. The average Bonchev–Trinajstić information content (AvgIpc) is 2.24. The highest BCUT2D eigenvalue weighted by molar-refractivity contribution is 8.13. The molecule has 0 aliphatic rings. The highest BCUT2D eigenvalue weighted by Gasteiger charge is 1.96. The summed E-state index contributed by atoms with van der Waals surface area (Å²) in [6.07, 6.45) is 0. The third-order valence-electron chi connectivity index (χ3n) is 2.09. The monoisotopic (exact) mass is 234 g/mol. The van der Waals surface area contributed by atoms with Crippen molar-refractivity contribution in [2.24, 2.45) is 0 Å². The summed E-state index contributed by atoms with van der Waals surface area (Å²) in [5.41, 5.74) is 2.87. The number of aliphatic hydroxyl groups excluding tert-OH is 1. The van der Waals surface area contributed by atoms with Gasteiger partial charge in [-0.05, 0) is 30.2 Å². The molecule has 0 aliphatic carbocycles. The van der Waals surface area contributed by atoms with Gasteiger partial charge in [-0.1, -0.05) is 29.7 Å². The number of rotatable bonds is 2. The molecule has 0 bridgehead atoms. The van der Waals surface area contributed by atoms with E-state index in [2.05, 4.69) is 11.8 Å². The van der Waals surface area contributed by atoms with Crippen LogP contribution in [0.3, 0.4) is 0 Å². The highest BCUT2D eigenvalue weighted by Crippen LogP contribution is 2.10. The Morgan fingerprint density at radius 1 is 1.50 bits per heavy atom. The fourth-order valence-corrected chi connectivity index (χ4v) is 1.57. The van der Waals surface area contributed by atoms with Crippen LogP contribution in [0.5, 0.6) is 0 Å². The summed E-state index contributed by atoms with van der Waals surface area (Å²) in [5.74, 6) is 6.44. The first kappa shape index (κ1) is 12.8. The summed E-state index contributed by atoms with van der Waals surface area (Å²) in [6, 6.07) is 5.69. The lowest BCUT2D eigenvalue weighted by atomic mass is 10.1. The minimum atomic E-state index is 0.0553. The minimum Gasteiger partial charge on any atom is -0.392 e. The van der Waals surface area contributed by atoms with E-state index in [4.69, 9.17) is 5.11 Å². The summed E-state index contributed by atoms with van der Waals surface area (Å²) in [7, 11) is 0. The lowest BCUT2D eigenvalue weighted by Crippen LogP contribution is -1.89. The van der Waals surface area contributed by atoms with Gasteiger partial charge in [-0.3, -0.25) is 4.79 Å². The van der Waals surface area contributed by atoms with Crippen LogP contribution in [0.15, 0.2) is 18.2 Å². The fourth-order valence-electron chi connectivity index (χ4n) is 1.23. The van der Waals surface area contributed by atoms with Gasteiger partial charge >= 0.3 is 0 Å². The maximum absolute atomic E-state index is 10.7. The maximum atomic E-state index is 10.7. The summed E-state index contributed by atoms with van der Waals surface area (Å²) in [5, 5.41) is 9.09. The quantitative estimate of drug-likeness (QED) is 0.796. The zero-order chi connectivity index (χ0) is 12.0. The Hall–Kier alpha value is -1.24. The van der Waals surface area contributed by atoms with Gasteiger partial charge in [0.25, 0.3) is 0 Å². The van der Waals surface area contributed by atoms with Crippen molar-refractivity contribution >= 4 is 16.9 Å². The van der Waals surface area contributed by atoms with Crippen molar-refractivity contribution in [3.8, 4) is 11.8 Å². The molecule has 84 valence electrons. The molecule has 3 heteroatoms. The van der Waals surface area contributed by atoms with Crippen molar-refractivity contribution in [1.29, 1.82) is 0 Å². The van der Waals surface area contributed by atoms with Crippen LogP contribution in [0, 0.1) is 18.8 Å². The lowest BCUT2D eigenvalue weighted by molar-refractivity contribution is -0.109. The second-order valence-electron chi connectivity index (χ2n) is 3.38. The van der Waals surface area contributed by atoms with Gasteiger partial charge in [0.2, 0.25) is 0 Å². The standard InChI is InChI=1S/C13H14O2S/c1-10-8-12(5-6-13(10)9-14)4-3-7-16-11(2)15/h5-6,8,14H,7,9H2,1-2H3. The van der Waals surface area contributed by atoms with Gasteiger partial charge < -0.3 is 5.11 Å². The smallest absolute Gasteiger partial charge is 0.186 e. The average molecular weight is 234 g/mol. The molecule has 1 aromatic rings. The van der Waals surface area contributed by atoms with Crippen molar-refractivity contribution < 1.29 is 9.90 Å². The van der Waals surface area contributed by atoms with Gasteiger partial charge in [0, 0.05) is 12.5 Å². The van der Waals surface area contributed by atoms with Crippen molar-refractivity contribution in [3.05, 3.63) is 34.9 Å². The van der Waals surface area contributed by atoms with Gasteiger partial charge in [0.15, 0.2) is 5.12 Å². The second-order valence-corrected chi connectivity index (χ2v) is 4.53. The second kappa shape index (κ2) is 6.37. The summed E-state index contributed by atoms with van der Waals surface area (Å²) >= 11 is 1.21. The van der Waals surface area contributed by atoms with Gasteiger partial charge in [-0.25, -0.2) is 0 Å². The number of thioether (sulfide) groups is 1. The molecule has 2 nitrogen and oxygen atoms in total. The molecule has 0 saturated heterocycles. The first-order chi connectivity index (χ1) is 7.63. The normalized spacial score (nSPS) is 9.44. The molecule has 0 amide bonds. The third-order valence-corrected chi connectivity index (χ3v) is 2.79. The Bertz CT molecular complexity index is 441. The molecule has 0 unspecified atom stereocenters. The van der Waals surface area contributed by atoms with Gasteiger partial charge in [0.1, 0.15) is 0 Å². The minimum absolute atomic E-state index is 0.0553. The van der Waals surface area contributed by atoms with Crippen LogP contribution < -0.4 is 0 Å². The summed E-state index contributed by atoms with van der Waals surface area (Å²) in [6.45, 7) is 3.54. The van der Waals surface area contributed by atoms with Crippen LogP contribution in [0.25, 0.3) is 0 Å². The number of hydrogen-bond acceptors (Lipinski definition) is 3. The van der Waals surface area contributed by atoms with Crippen LogP contribution in [0.4, 0.5) is 0 Å². The molecular formula is C13H14O2S. The van der Waals surface area contributed by atoms with E-state index in [1.54, 1.807) is 0 Å². The zero-order valence-corrected chi connectivity index (χ0v) is 10.2. The molecular weight excluding hydrogens is 220 g/mol. The van der Waals surface area contributed by atoms with E-state index in [0.717, 1.165) is 16.7 Å². The zero-order valence-electron chi connectivity index (χ0n) is 9.41. The van der Waals surface area contributed by atoms with E-state index in [1.165, 1.54) is 18.7 Å². The van der Waals surface area contributed by atoms with Crippen LogP contribution in [0.1, 0.15) is 23.6 Å². The van der Waals surface area contributed by atoms with Crippen LogP contribution in [0.2, 0.25) is 0 Å². The molecule has 0 atom stereocenters. The van der Waals surface area contributed by atoms with Gasteiger partial charge in [-0.2, -0.15) is 0 Å². The van der Waals surface area contributed by atoms with E-state index >= 15 is 0 Å². The predicted octanol–water partition coefficient (Wildman–Crippen LogP) is 2.12. The number of hydrogen-bond donors (Lipinski definition) is 1. The number of aryl methyl sites for hydroxylation is 1. The van der Waals surface area contributed by atoms with E-state index in [0.29, 0.717) is 5.75 Å². The predicted molar refractivity (Wildman–Crippen MR) is 67.1 cm³/mol. The van der Waals surface area contributed by atoms with E-state index in [9.17, 15) is 4.79 Å². The Morgan fingerprint density at radius 3 is 2.81 bits per heavy atom. The van der Waals surface area contributed by atoms with Crippen molar-refractivity contribution in [3.63, 3.8) is 0 Å². The van der Waals surface area contributed by atoms with E-state index in [1.807, 2.05) is 25.1 Å². The van der Waals surface area contributed by atoms with Gasteiger partial charge in [-0.15, -0.1) is 0 Å². The molecule has 0 saturated carbocycles. The molecule has 0 spiro atoms. The number of carbonyl (C=O) groups excluding carboxylic acids is 1. The largest absolute Gasteiger partial charge is 0.392 e. The van der Waals surface area contributed by atoms with Crippen LogP contribution in [-0.2, 0) is 11.4 Å². The summed E-state index contributed by atoms with van der Waals surface area (Å²) < 4.78 is 0. The van der Waals surface area contributed by atoms with Crippen molar-refractivity contribution in [2.75, 3.05) is 5.75 Å². The Labute approximate surface area is 100 Å². The molecule has 1 rings (SSSR count). The molecule has 0 aromatic heterocycles. The summed E-state index contributed by atoms with van der Waals surface area (Å²) in [4.78, 5) is 10.7. The Kier molecular flexibility index (Phi) is 5.10. The van der Waals surface area contributed by atoms with Crippen LogP contribution >= 0.6 is 11.8 Å². The van der Waals surface area contributed by atoms with E-state index in [-0.39, 0.29) is 11.7 Å². The lowest BCUT2D eigenvalue weighted by Gasteiger charge is -2.01. The molecule has 1 N–H and O–H groups in total. The highest BCUT2D eigenvalue weighted by atomic mass is 32.2. The van der Waals surface area contributed by atoms with Gasteiger partial charge in [0.05, 0.1) is 12.4 Å². The Balaban J connectivity index is 2.67. The fraction of sp³-hybridized carbons (Fsp3) is 0.308. The molecule has 0 aliphatic heterocycles. The van der Waals surface area contributed by atoms with E-state index < -0.39 is 0 Å². The SMILES string of the molecule is CC(=O)SCC#Cc1ccc(CO)c(C)c1.